The number of aliphatic hydroxyl groups excluding tert-OH is 2. The molecule has 0 aromatic heterocycles. The van der Waals surface area contributed by atoms with E-state index in [1.165, 1.54) is 11.8 Å². The van der Waals surface area contributed by atoms with E-state index in [2.05, 4.69) is 20.5 Å². The van der Waals surface area contributed by atoms with Crippen LogP contribution in [0.3, 0.4) is 0 Å². The highest BCUT2D eigenvalue weighted by Crippen LogP contribution is 2.33. The average Bonchev–Trinajstić information content (AvgIpc) is 2.79. The topological polar surface area (TPSA) is 90.5 Å². The lowest BCUT2D eigenvalue weighted by Crippen LogP contribution is -2.60. The molecule has 0 amide bonds. The van der Waals surface area contributed by atoms with E-state index in [-0.39, 0.29) is 18.1 Å². The molecule has 2 aliphatic rings. The molecule has 0 bridgehead atoms. The summed E-state index contributed by atoms with van der Waals surface area (Å²) in [5.41, 5.74) is -0.262. The highest BCUT2D eigenvalue weighted by Gasteiger charge is 2.48. The van der Waals surface area contributed by atoms with Crippen LogP contribution in [0.1, 0.15) is 0 Å². The number of nitrogens with one attached hydrogen (secondary N) is 2. The molecule has 0 radical (unpaired) electrons. The summed E-state index contributed by atoms with van der Waals surface area (Å²) in [5.74, 6) is 0. The van der Waals surface area contributed by atoms with Gasteiger partial charge in [-0.3, -0.25) is 9.84 Å². The number of fused-ring (bicyclic) bond motifs is 1. The maximum Gasteiger partial charge on any atom is 0.268 e. The highest BCUT2D eigenvalue weighted by molar-refractivity contribution is 8.14. The maximum atomic E-state index is 10.0. The Morgan fingerprint density at radius 3 is 3.00 bits per heavy atom. The van der Waals surface area contributed by atoms with Crippen LogP contribution in [-0.4, -0.2) is 65.4 Å². The Bertz CT molecular complexity index is 373. The van der Waals surface area contributed by atoms with Gasteiger partial charge >= 0.3 is 0 Å². The van der Waals surface area contributed by atoms with Crippen molar-refractivity contribution in [2.24, 2.45) is 4.99 Å². The molecule has 5 atom stereocenters. The molecule has 0 unspecified atom stereocenters. The zero-order valence-corrected chi connectivity index (χ0v) is 10.7. The van der Waals surface area contributed by atoms with E-state index in [1.54, 1.807) is 7.05 Å². The van der Waals surface area contributed by atoms with Crippen molar-refractivity contribution in [3.8, 4) is 0 Å². The number of rotatable bonds is 3. The van der Waals surface area contributed by atoms with Crippen LogP contribution < -0.4 is 10.6 Å². The predicted octanol–water partition coefficient (Wildman–Crippen LogP) is -1.41. The largest absolute Gasteiger partial charge is 0.388 e. The number of ether oxygens (including phenoxy) is 1. The zero-order chi connectivity index (χ0) is 13.1. The molecule has 0 aliphatic carbocycles. The summed E-state index contributed by atoms with van der Waals surface area (Å²) in [5, 5.41) is 26.6. The lowest BCUT2D eigenvalue weighted by Gasteiger charge is -2.38. The third-order valence-electron chi connectivity index (χ3n) is 2.96. The summed E-state index contributed by atoms with van der Waals surface area (Å²) in [6.45, 7) is 7.17. The van der Waals surface area contributed by atoms with Crippen LogP contribution in [0.15, 0.2) is 4.99 Å². The van der Waals surface area contributed by atoms with Crippen molar-refractivity contribution < 1.29 is 14.9 Å². The van der Waals surface area contributed by atoms with Gasteiger partial charge in [-0.05, 0) is 0 Å². The average molecular weight is 272 g/mol. The van der Waals surface area contributed by atoms with E-state index in [1.807, 2.05) is 0 Å². The van der Waals surface area contributed by atoms with Crippen molar-refractivity contribution in [1.82, 2.24) is 10.6 Å². The minimum atomic E-state index is -0.978. The molecule has 4 N–H and O–H groups in total. The SMILES string of the molecule is [C-]#[N+]CNC[C@H]1O[C@@H]2SC(=NC)N[C@@H]2[C@@H](O)[C@@H]1O. The van der Waals surface area contributed by atoms with Gasteiger partial charge in [0.05, 0.1) is 6.04 Å². The van der Waals surface area contributed by atoms with E-state index < -0.39 is 18.3 Å². The van der Waals surface area contributed by atoms with Gasteiger partial charge in [0, 0.05) is 13.6 Å². The van der Waals surface area contributed by atoms with E-state index in [9.17, 15) is 10.2 Å². The molecular formula is C10H16N4O3S. The summed E-state index contributed by atoms with van der Waals surface area (Å²) in [4.78, 5) is 7.17. The zero-order valence-electron chi connectivity index (χ0n) is 9.91. The monoisotopic (exact) mass is 272 g/mol. The normalized spacial score (nSPS) is 41.2. The Morgan fingerprint density at radius 2 is 2.33 bits per heavy atom. The highest BCUT2D eigenvalue weighted by atomic mass is 32.2. The predicted molar refractivity (Wildman–Crippen MR) is 68.0 cm³/mol. The molecule has 100 valence electrons. The Balaban J connectivity index is 1.99. The van der Waals surface area contributed by atoms with Gasteiger partial charge < -0.3 is 20.3 Å². The third-order valence-corrected chi connectivity index (χ3v) is 4.12. The Labute approximate surface area is 109 Å². The Hall–Kier alpha value is -0.850. The molecule has 2 saturated heterocycles. The standard InChI is InChI=1S/C10H16N4O3S/c1-11-4-13-3-5-7(15)8(16)6-9(17-5)18-10(12-2)14-6/h5-9,13,15-16H,3-4H2,2H3,(H,12,14)/t5-,6-,7-,8-,9-/m1/s1. The smallest absolute Gasteiger partial charge is 0.268 e. The van der Waals surface area contributed by atoms with Gasteiger partial charge in [-0.15, -0.1) is 0 Å². The first kappa shape index (κ1) is 13.6. The van der Waals surface area contributed by atoms with Gasteiger partial charge in [0.15, 0.2) is 5.17 Å². The van der Waals surface area contributed by atoms with Crippen molar-refractivity contribution >= 4 is 16.9 Å². The van der Waals surface area contributed by atoms with Gasteiger partial charge in [0.25, 0.3) is 6.67 Å². The molecule has 0 spiro atoms. The number of thioether (sulfide) groups is 1. The third kappa shape index (κ3) is 2.60. The van der Waals surface area contributed by atoms with Crippen LogP contribution in [0.2, 0.25) is 0 Å². The number of amidine groups is 1. The Morgan fingerprint density at radius 1 is 1.56 bits per heavy atom. The number of hydrogen-bond donors (Lipinski definition) is 4. The molecule has 2 aliphatic heterocycles. The van der Waals surface area contributed by atoms with Crippen LogP contribution in [0, 0.1) is 6.57 Å². The number of aliphatic imine (C=N–C) groups is 1. The summed E-state index contributed by atoms with van der Waals surface area (Å²) in [7, 11) is 1.66. The minimum Gasteiger partial charge on any atom is -0.388 e. The molecule has 0 aromatic rings. The first-order chi connectivity index (χ1) is 8.67. The first-order valence-electron chi connectivity index (χ1n) is 5.63. The fourth-order valence-corrected chi connectivity index (χ4v) is 3.12. The van der Waals surface area contributed by atoms with Crippen LogP contribution >= 0.6 is 11.8 Å². The van der Waals surface area contributed by atoms with E-state index in [0.717, 1.165) is 0 Å². The number of aliphatic hydroxyl groups is 2. The van der Waals surface area contributed by atoms with E-state index >= 15 is 0 Å². The van der Waals surface area contributed by atoms with Crippen LogP contribution in [0.4, 0.5) is 0 Å². The summed E-state index contributed by atoms with van der Waals surface area (Å²) in [6, 6.07) is -0.346. The Kier molecular flexibility index (Phi) is 4.42. The second-order valence-electron chi connectivity index (χ2n) is 4.11. The van der Waals surface area contributed by atoms with Crippen LogP contribution in [0.5, 0.6) is 0 Å². The second-order valence-corrected chi connectivity index (χ2v) is 5.20. The molecule has 7 nitrogen and oxygen atoms in total. The molecule has 0 aromatic carbocycles. The molecule has 2 fully saturated rings. The lowest BCUT2D eigenvalue weighted by molar-refractivity contribution is -0.153. The van der Waals surface area contributed by atoms with Crippen LogP contribution in [0.25, 0.3) is 4.85 Å². The van der Waals surface area contributed by atoms with Crippen molar-refractivity contribution in [1.29, 1.82) is 0 Å². The van der Waals surface area contributed by atoms with Gasteiger partial charge in [-0.2, -0.15) is 0 Å². The minimum absolute atomic E-state index is 0.170. The van der Waals surface area contributed by atoms with E-state index in [0.29, 0.717) is 11.7 Å². The summed E-state index contributed by atoms with van der Waals surface area (Å²) < 4.78 is 5.72. The van der Waals surface area contributed by atoms with E-state index in [4.69, 9.17) is 11.3 Å². The number of nitrogens with zero attached hydrogens (tertiary/aromatic N) is 2. The summed E-state index contributed by atoms with van der Waals surface area (Å²) in [6.07, 6.45) is -2.41. The fourth-order valence-electron chi connectivity index (χ4n) is 2.02. The van der Waals surface area contributed by atoms with Crippen molar-refractivity contribution in [3.63, 3.8) is 0 Å². The molecule has 8 heteroatoms. The first-order valence-corrected chi connectivity index (χ1v) is 6.51. The maximum absolute atomic E-state index is 10.0. The lowest BCUT2D eigenvalue weighted by atomic mass is 9.98. The fraction of sp³-hybridized carbons (Fsp3) is 0.800. The molecular weight excluding hydrogens is 256 g/mol. The molecule has 0 saturated carbocycles. The van der Waals surface area contributed by atoms with Crippen molar-refractivity contribution in [3.05, 3.63) is 11.4 Å². The van der Waals surface area contributed by atoms with Crippen molar-refractivity contribution in [2.45, 2.75) is 29.8 Å². The number of hydrogen-bond acceptors (Lipinski definition) is 6. The van der Waals surface area contributed by atoms with Gasteiger partial charge in [-0.1, -0.05) is 11.8 Å². The van der Waals surface area contributed by atoms with Crippen LogP contribution in [-0.2, 0) is 4.74 Å². The van der Waals surface area contributed by atoms with Gasteiger partial charge in [-0.25, -0.2) is 11.9 Å². The van der Waals surface area contributed by atoms with Crippen molar-refractivity contribution in [2.75, 3.05) is 20.3 Å². The molecule has 2 rings (SSSR count). The summed E-state index contributed by atoms with van der Waals surface area (Å²) >= 11 is 1.40. The molecule has 18 heavy (non-hydrogen) atoms. The molecule has 2 heterocycles. The quantitative estimate of drug-likeness (QED) is 0.373. The second kappa shape index (κ2) is 5.86. The van der Waals surface area contributed by atoms with Gasteiger partial charge in [0.2, 0.25) is 0 Å². The van der Waals surface area contributed by atoms with Gasteiger partial charge in [0.1, 0.15) is 23.7 Å².